The topological polar surface area (TPSA) is 41.6 Å². The Morgan fingerprint density at radius 1 is 1.43 bits per heavy atom. The van der Waals surface area contributed by atoms with Crippen LogP contribution >= 0.6 is 12.2 Å². The normalized spacial score (nSPS) is 18.1. The van der Waals surface area contributed by atoms with Gasteiger partial charge in [0.05, 0.1) is 12.5 Å². The standard InChI is InChI=1S/C16H22N2O2S/c1-2-20-15(19)14-9-6-10-18(12-14)16(21)17-11-13-7-4-3-5-8-13/h3-5,7-8,14H,2,6,9-12H2,1H3,(H,17,21)/t14-/m1/s1. The van der Waals surface area contributed by atoms with Crippen LogP contribution < -0.4 is 5.32 Å². The summed E-state index contributed by atoms with van der Waals surface area (Å²) < 4.78 is 5.11. The molecule has 1 fully saturated rings. The molecule has 0 saturated carbocycles. The smallest absolute Gasteiger partial charge is 0.310 e. The van der Waals surface area contributed by atoms with Crippen LogP contribution in [0.5, 0.6) is 0 Å². The first kappa shape index (κ1) is 15.8. The fraction of sp³-hybridized carbons (Fsp3) is 0.500. The zero-order chi connectivity index (χ0) is 15.1. The van der Waals surface area contributed by atoms with Crippen LogP contribution in [0.25, 0.3) is 0 Å². The van der Waals surface area contributed by atoms with E-state index in [1.807, 2.05) is 25.1 Å². The quantitative estimate of drug-likeness (QED) is 0.683. The molecular weight excluding hydrogens is 284 g/mol. The van der Waals surface area contributed by atoms with Crippen molar-refractivity contribution in [1.82, 2.24) is 10.2 Å². The fourth-order valence-electron chi connectivity index (χ4n) is 2.50. The minimum Gasteiger partial charge on any atom is -0.466 e. The van der Waals surface area contributed by atoms with Gasteiger partial charge in [-0.05, 0) is 37.5 Å². The van der Waals surface area contributed by atoms with Crippen LogP contribution in [0.1, 0.15) is 25.3 Å². The van der Waals surface area contributed by atoms with Gasteiger partial charge in [-0.3, -0.25) is 4.79 Å². The molecule has 0 amide bonds. The van der Waals surface area contributed by atoms with Crippen molar-refractivity contribution in [1.29, 1.82) is 0 Å². The molecule has 2 rings (SSSR count). The molecule has 21 heavy (non-hydrogen) atoms. The van der Waals surface area contributed by atoms with Crippen molar-refractivity contribution in [3.8, 4) is 0 Å². The molecule has 0 bridgehead atoms. The van der Waals surface area contributed by atoms with Crippen LogP contribution in [0.15, 0.2) is 30.3 Å². The Bertz CT molecular complexity index is 478. The van der Waals surface area contributed by atoms with Crippen LogP contribution in [0.4, 0.5) is 0 Å². The van der Waals surface area contributed by atoms with Crippen molar-refractivity contribution in [2.75, 3.05) is 19.7 Å². The summed E-state index contributed by atoms with van der Waals surface area (Å²) in [5.41, 5.74) is 1.19. The Labute approximate surface area is 131 Å². The minimum atomic E-state index is -0.104. The monoisotopic (exact) mass is 306 g/mol. The van der Waals surface area contributed by atoms with Crippen LogP contribution in [0.2, 0.25) is 0 Å². The zero-order valence-corrected chi connectivity index (χ0v) is 13.2. The number of ether oxygens (including phenoxy) is 1. The Hall–Kier alpha value is -1.62. The van der Waals surface area contributed by atoms with Crippen LogP contribution in [0, 0.1) is 5.92 Å². The van der Waals surface area contributed by atoms with Gasteiger partial charge in [-0.2, -0.15) is 0 Å². The lowest BCUT2D eigenvalue weighted by molar-refractivity contribution is -0.149. The van der Waals surface area contributed by atoms with Crippen molar-refractivity contribution >= 4 is 23.3 Å². The van der Waals surface area contributed by atoms with Crippen LogP contribution in [-0.2, 0) is 16.1 Å². The summed E-state index contributed by atoms with van der Waals surface area (Å²) in [6.07, 6.45) is 1.85. The van der Waals surface area contributed by atoms with Gasteiger partial charge in [-0.25, -0.2) is 0 Å². The van der Waals surface area contributed by atoms with Gasteiger partial charge in [0, 0.05) is 19.6 Å². The molecule has 0 aromatic heterocycles. The van der Waals surface area contributed by atoms with E-state index in [2.05, 4.69) is 22.3 Å². The van der Waals surface area contributed by atoms with Gasteiger partial charge in [0.1, 0.15) is 0 Å². The van der Waals surface area contributed by atoms with E-state index in [9.17, 15) is 4.79 Å². The van der Waals surface area contributed by atoms with Crippen molar-refractivity contribution in [3.05, 3.63) is 35.9 Å². The van der Waals surface area contributed by atoms with E-state index in [-0.39, 0.29) is 11.9 Å². The summed E-state index contributed by atoms with van der Waals surface area (Å²) in [7, 11) is 0. The molecule has 1 atom stereocenters. The van der Waals surface area contributed by atoms with Gasteiger partial charge in [0.2, 0.25) is 0 Å². The number of esters is 1. The third-order valence-corrected chi connectivity index (χ3v) is 4.02. The number of hydrogen-bond acceptors (Lipinski definition) is 3. The Morgan fingerprint density at radius 2 is 2.19 bits per heavy atom. The third-order valence-electron chi connectivity index (χ3n) is 3.62. The molecule has 1 aliphatic rings. The first-order chi connectivity index (χ1) is 10.2. The predicted molar refractivity (Wildman–Crippen MR) is 86.8 cm³/mol. The second kappa shape index (κ2) is 7.98. The molecule has 4 nitrogen and oxygen atoms in total. The van der Waals surface area contributed by atoms with Crippen molar-refractivity contribution in [3.63, 3.8) is 0 Å². The lowest BCUT2D eigenvalue weighted by atomic mass is 9.98. The molecule has 0 spiro atoms. The second-order valence-electron chi connectivity index (χ2n) is 5.18. The molecule has 1 heterocycles. The van der Waals surface area contributed by atoms with Gasteiger partial charge in [0.15, 0.2) is 5.11 Å². The zero-order valence-electron chi connectivity index (χ0n) is 12.4. The maximum atomic E-state index is 11.8. The van der Waals surface area contributed by atoms with E-state index in [0.29, 0.717) is 24.8 Å². The first-order valence-corrected chi connectivity index (χ1v) is 7.85. The lowest BCUT2D eigenvalue weighted by Crippen LogP contribution is -2.47. The highest BCUT2D eigenvalue weighted by molar-refractivity contribution is 7.80. The summed E-state index contributed by atoms with van der Waals surface area (Å²) in [6, 6.07) is 10.1. The van der Waals surface area contributed by atoms with Gasteiger partial charge >= 0.3 is 5.97 Å². The number of likely N-dealkylation sites (tertiary alicyclic amines) is 1. The van der Waals surface area contributed by atoms with E-state index in [1.165, 1.54) is 5.56 Å². The number of carbonyl (C=O) groups is 1. The molecule has 1 aliphatic heterocycles. The van der Waals surface area contributed by atoms with Crippen molar-refractivity contribution in [2.24, 2.45) is 5.92 Å². The van der Waals surface area contributed by atoms with E-state index in [4.69, 9.17) is 17.0 Å². The third kappa shape index (κ3) is 4.70. The molecule has 1 aromatic carbocycles. The summed E-state index contributed by atoms with van der Waals surface area (Å²) in [5.74, 6) is -0.164. The highest BCUT2D eigenvalue weighted by Gasteiger charge is 2.27. The van der Waals surface area contributed by atoms with Crippen molar-refractivity contribution < 1.29 is 9.53 Å². The molecule has 0 unspecified atom stereocenters. The van der Waals surface area contributed by atoms with Gasteiger partial charge in [-0.15, -0.1) is 0 Å². The Kier molecular flexibility index (Phi) is 5.99. The summed E-state index contributed by atoms with van der Waals surface area (Å²) in [5, 5.41) is 3.98. The molecule has 5 heteroatoms. The number of piperidine rings is 1. The highest BCUT2D eigenvalue weighted by Crippen LogP contribution is 2.18. The van der Waals surface area contributed by atoms with Gasteiger partial charge < -0.3 is 15.0 Å². The number of hydrogen-bond donors (Lipinski definition) is 1. The molecular formula is C16H22N2O2S. The second-order valence-corrected chi connectivity index (χ2v) is 5.57. The number of nitrogens with zero attached hydrogens (tertiary/aromatic N) is 1. The van der Waals surface area contributed by atoms with E-state index < -0.39 is 0 Å². The largest absolute Gasteiger partial charge is 0.466 e. The van der Waals surface area contributed by atoms with Gasteiger partial charge in [-0.1, -0.05) is 30.3 Å². The highest BCUT2D eigenvalue weighted by atomic mass is 32.1. The summed E-state index contributed by atoms with van der Waals surface area (Å²) in [6.45, 7) is 4.53. The summed E-state index contributed by atoms with van der Waals surface area (Å²) in [4.78, 5) is 13.9. The van der Waals surface area contributed by atoms with Crippen molar-refractivity contribution in [2.45, 2.75) is 26.3 Å². The van der Waals surface area contributed by atoms with E-state index in [1.54, 1.807) is 0 Å². The van der Waals surface area contributed by atoms with E-state index in [0.717, 1.165) is 19.4 Å². The maximum Gasteiger partial charge on any atom is 0.310 e. The number of thiocarbonyl (C=S) groups is 1. The molecule has 114 valence electrons. The van der Waals surface area contributed by atoms with Gasteiger partial charge in [0.25, 0.3) is 0 Å². The van der Waals surface area contributed by atoms with Crippen LogP contribution in [0.3, 0.4) is 0 Å². The molecule has 1 N–H and O–H groups in total. The van der Waals surface area contributed by atoms with Crippen LogP contribution in [-0.4, -0.2) is 35.7 Å². The summed E-state index contributed by atoms with van der Waals surface area (Å²) >= 11 is 5.44. The number of benzene rings is 1. The first-order valence-electron chi connectivity index (χ1n) is 7.44. The fourth-order valence-corrected chi connectivity index (χ4v) is 2.74. The molecule has 0 aliphatic carbocycles. The SMILES string of the molecule is CCOC(=O)[C@@H]1CCCN(C(=S)NCc2ccccc2)C1. The molecule has 0 radical (unpaired) electrons. The minimum absolute atomic E-state index is 0.0600. The molecule has 1 saturated heterocycles. The Balaban J connectivity index is 1.83. The number of carbonyl (C=O) groups excluding carboxylic acids is 1. The number of rotatable bonds is 4. The number of nitrogens with one attached hydrogen (secondary N) is 1. The van der Waals surface area contributed by atoms with E-state index >= 15 is 0 Å². The average molecular weight is 306 g/mol. The molecule has 1 aromatic rings. The Morgan fingerprint density at radius 3 is 2.90 bits per heavy atom. The predicted octanol–water partition coefficient (Wildman–Crippen LogP) is 2.34. The maximum absolute atomic E-state index is 11.8. The average Bonchev–Trinajstić information content (AvgIpc) is 2.54. The lowest BCUT2D eigenvalue weighted by Gasteiger charge is -2.33.